The van der Waals surface area contributed by atoms with Gasteiger partial charge in [-0.05, 0) is 12.1 Å². The van der Waals surface area contributed by atoms with Crippen molar-refractivity contribution < 1.29 is 13.6 Å². The second-order valence-electron chi connectivity index (χ2n) is 3.39. The molecule has 4 heteroatoms. The van der Waals surface area contributed by atoms with Crippen LogP contribution in [0.4, 0.5) is 8.78 Å². The van der Waals surface area contributed by atoms with Crippen LogP contribution >= 0.6 is 15.9 Å². The second-order valence-corrected chi connectivity index (χ2v) is 4.31. The van der Waals surface area contributed by atoms with E-state index in [2.05, 4.69) is 15.9 Å². The zero-order chi connectivity index (χ0) is 10.3. The van der Waals surface area contributed by atoms with Crippen molar-refractivity contribution in [2.24, 2.45) is 5.92 Å². The number of hydrogen-bond acceptors (Lipinski definition) is 1. The van der Waals surface area contributed by atoms with Crippen LogP contribution in [0.1, 0.15) is 16.8 Å². The lowest BCUT2D eigenvalue weighted by Crippen LogP contribution is -2.07. The Morgan fingerprint density at radius 2 is 2.14 bits per heavy atom. The Hall–Kier alpha value is -0.770. The van der Waals surface area contributed by atoms with Crippen molar-refractivity contribution in [1.82, 2.24) is 0 Å². The summed E-state index contributed by atoms with van der Waals surface area (Å²) in [7, 11) is 0. The van der Waals surface area contributed by atoms with Gasteiger partial charge in [-0.1, -0.05) is 28.1 Å². The fourth-order valence-electron chi connectivity index (χ4n) is 1.34. The highest BCUT2D eigenvalue weighted by atomic mass is 79.9. The van der Waals surface area contributed by atoms with Crippen LogP contribution in [0.15, 0.2) is 28.7 Å². The average Bonchev–Trinajstić information content (AvgIpc) is 2.74. The summed E-state index contributed by atoms with van der Waals surface area (Å²) in [6.07, 6.45) is -0.307. The van der Waals surface area contributed by atoms with E-state index in [0.717, 1.165) is 4.47 Å². The van der Waals surface area contributed by atoms with Gasteiger partial charge < -0.3 is 0 Å². The molecule has 0 N–H and O–H groups in total. The molecule has 2 rings (SSSR count). The van der Waals surface area contributed by atoms with Crippen LogP contribution in [0.2, 0.25) is 0 Å². The summed E-state index contributed by atoms with van der Waals surface area (Å²) in [5, 5.41) is 0. The highest BCUT2D eigenvalue weighted by Crippen LogP contribution is 2.50. The van der Waals surface area contributed by atoms with E-state index in [-0.39, 0.29) is 6.42 Å². The number of hydrogen-bond donors (Lipinski definition) is 0. The third-order valence-electron chi connectivity index (χ3n) is 2.25. The number of ketones is 1. The molecule has 74 valence electrons. The summed E-state index contributed by atoms with van der Waals surface area (Å²) in [5.41, 5.74) is 0.349. The van der Waals surface area contributed by atoms with Crippen LogP contribution in [0, 0.1) is 5.92 Å². The molecule has 0 saturated heterocycles. The summed E-state index contributed by atoms with van der Waals surface area (Å²) in [4.78, 5) is 11.5. The van der Waals surface area contributed by atoms with Crippen LogP contribution in [0.5, 0.6) is 0 Å². The first kappa shape index (κ1) is 9.77. The van der Waals surface area contributed by atoms with Crippen molar-refractivity contribution in [3.05, 3.63) is 34.3 Å². The van der Waals surface area contributed by atoms with E-state index in [1.165, 1.54) is 0 Å². The SMILES string of the molecule is O=C(c1cccc(Br)c1)C1CC1(F)F. The molecule has 1 fully saturated rings. The van der Waals surface area contributed by atoms with E-state index in [9.17, 15) is 13.6 Å². The van der Waals surface area contributed by atoms with E-state index in [0.29, 0.717) is 5.56 Å². The molecule has 0 aliphatic heterocycles. The molecule has 0 aromatic heterocycles. The maximum atomic E-state index is 12.6. The minimum atomic E-state index is -2.78. The highest BCUT2D eigenvalue weighted by molar-refractivity contribution is 9.10. The Morgan fingerprint density at radius 3 is 2.64 bits per heavy atom. The van der Waals surface area contributed by atoms with Crippen molar-refractivity contribution >= 4 is 21.7 Å². The Balaban J connectivity index is 2.21. The number of carbonyl (C=O) groups is 1. The summed E-state index contributed by atoms with van der Waals surface area (Å²) in [5.74, 6) is -4.34. The Labute approximate surface area is 88.2 Å². The fraction of sp³-hybridized carbons (Fsp3) is 0.300. The highest BCUT2D eigenvalue weighted by Gasteiger charge is 2.61. The number of benzene rings is 1. The van der Waals surface area contributed by atoms with Crippen LogP contribution < -0.4 is 0 Å². The third kappa shape index (κ3) is 1.71. The van der Waals surface area contributed by atoms with Crippen molar-refractivity contribution in [3.8, 4) is 0 Å². The van der Waals surface area contributed by atoms with E-state index in [1.54, 1.807) is 24.3 Å². The maximum Gasteiger partial charge on any atom is 0.259 e. The van der Waals surface area contributed by atoms with E-state index >= 15 is 0 Å². The zero-order valence-corrected chi connectivity index (χ0v) is 8.72. The molecule has 0 bridgehead atoms. The fourth-order valence-corrected chi connectivity index (χ4v) is 1.74. The number of Topliss-reactive ketones (excluding diaryl/α,β-unsaturated/α-hetero) is 1. The molecule has 0 amide bonds. The standard InChI is InChI=1S/C10H7BrF2O/c11-7-3-1-2-6(4-7)9(14)8-5-10(8,12)13/h1-4,8H,5H2. The normalized spacial score (nSPS) is 23.2. The second kappa shape index (κ2) is 3.12. The van der Waals surface area contributed by atoms with Gasteiger partial charge in [0, 0.05) is 16.5 Å². The average molecular weight is 261 g/mol. The van der Waals surface area contributed by atoms with Gasteiger partial charge >= 0.3 is 0 Å². The third-order valence-corrected chi connectivity index (χ3v) is 2.74. The number of halogens is 3. The largest absolute Gasteiger partial charge is 0.294 e. The first-order valence-corrected chi connectivity index (χ1v) is 4.97. The van der Waals surface area contributed by atoms with Gasteiger partial charge in [-0.25, -0.2) is 8.78 Å². The first-order valence-electron chi connectivity index (χ1n) is 4.18. The molecule has 0 spiro atoms. The molecule has 0 heterocycles. The summed E-state index contributed by atoms with van der Waals surface area (Å²) in [6.45, 7) is 0. The Morgan fingerprint density at radius 1 is 1.50 bits per heavy atom. The molecular formula is C10H7BrF2O. The van der Waals surface area contributed by atoms with Crippen molar-refractivity contribution in [2.45, 2.75) is 12.3 Å². The molecule has 0 radical (unpaired) electrons. The zero-order valence-electron chi connectivity index (χ0n) is 7.14. The van der Waals surface area contributed by atoms with Gasteiger partial charge in [0.15, 0.2) is 5.78 Å². The van der Waals surface area contributed by atoms with Gasteiger partial charge in [0.25, 0.3) is 5.92 Å². The van der Waals surface area contributed by atoms with Gasteiger partial charge in [-0.3, -0.25) is 4.79 Å². The Bertz CT molecular complexity index is 389. The number of alkyl halides is 2. The summed E-state index contributed by atoms with van der Waals surface area (Å²) >= 11 is 3.19. The van der Waals surface area contributed by atoms with Crippen LogP contribution in [0.3, 0.4) is 0 Å². The van der Waals surface area contributed by atoms with Crippen molar-refractivity contribution in [3.63, 3.8) is 0 Å². The van der Waals surface area contributed by atoms with Crippen molar-refractivity contribution in [2.75, 3.05) is 0 Å². The quantitative estimate of drug-likeness (QED) is 0.746. The first-order chi connectivity index (χ1) is 6.50. The molecule has 1 aromatic carbocycles. The van der Waals surface area contributed by atoms with Gasteiger partial charge in [0.05, 0.1) is 5.92 Å². The molecule has 1 aliphatic carbocycles. The molecule has 1 aliphatic rings. The summed E-state index contributed by atoms with van der Waals surface area (Å²) < 4.78 is 25.9. The van der Waals surface area contributed by atoms with Gasteiger partial charge in [0.1, 0.15) is 0 Å². The molecule has 14 heavy (non-hydrogen) atoms. The lowest BCUT2D eigenvalue weighted by atomic mass is 10.1. The lowest BCUT2D eigenvalue weighted by molar-refractivity contribution is 0.0757. The smallest absolute Gasteiger partial charge is 0.259 e. The predicted molar refractivity (Wildman–Crippen MR) is 51.5 cm³/mol. The van der Waals surface area contributed by atoms with Crippen LogP contribution in [-0.2, 0) is 0 Å². The summed E-state index contributed by atoms with van der Waals surface area (Å²) in [6, 6.07) is 6.54. The van der Waals surface area contributed by atoms with E-state index in [1.807, 2.05) is 0 Å². The molecular weight excluding hydrogens is 254 g/mol. The Kier molecular flexibility index (Phi) is 2.18. The monoisotopic (exact) mass is 260 g/mol. The molecule has 1 nitrogen and oxygen atoms in total. The van der Waals surface area contributed by atoms with E-state index in [4.69, 9.17) is 0 Å². The van der Waals surface area contributed by atoms with Gasteiger partial charge in [0.2, 0.25) is 0 Å². The van der Waals surface area contributed by atoms with Crippen LogP contribution in [-0.4, -0.2) is 11.7 Å². The molecule has 1 unspecified atom stereocenters. The van der Waals surface area contributed by atoms with Crippen LogP contribution in [0.25, 0.3) is 0 Å². The van der Waals surface area contributed by atoms with Gasteiger partial charge in [-0.15, -0.1) is 0 Å². The van der Waals surface area contributed by atoms with Crippen molar-refractivity contribution in [1.29, 1.82) is 0 Å². The number of rotatable bonds is 2. The lowest BCUT2D eigenvalue weighted by Gasteiger charge is -1.99. The molecule has 1 aromatic rings. The number of carbonyl (C=O) groups excluding carboxylic acids is 1. The predicted octanol–water partition coefficient (Wildman–Crippen LogP) is 3.29. The minimum absolute atomic E-state index is 0.307. The molecule has 1 atom stereocenters. The van der Waals surface area contributed by atoms with Gasteiger partial charge in [-0.2, -0.15) is 0 Å². The maximum absolute atomic E-state index is 12.6. The minimum Gasteiger partial charge on any atom is -0.294 e. The topological polar surface area (TPSA) is 17.1 Å². The van der Waals surface area contributed by atoms with E-state index < -0.39 is 17.6 Å². The molecule has 1 saturated carbocycles.